The van der Waals surface area contributed by atoms with Gasteiger partial charge in [-0.05, 0) is 83.5 Å². The van der Waals surface area contributed by atoms with Crippen molar-refractivity contribution in [1.82, 2.24) is 0 Å². The highest BCUT2D eigenvalue weighted by atomic mass is 16.6. The largest absolute Gasteiger partial charge is 0.462 e. The zero-order valence-electron chi connectivity index (χ0n) is 48.9. The number of ether oxygens (including phenoxy) is 3. The molecule has 1 atom stereocenters. The minimum absolute atomic E-state index is 0.0708. The van der Waals surface area contributed by atoms with E-state index < -0.39 is 6.10 Å². The van der Waals surface area contributed by atoms with E-state index in [2.05, 4.69) is 69.4 Å². The van der Waals surface area contributed by atoms with Crippen LogP contribution >= 0.6 is 0 Å². The van der Waals surface area contributed by atoms with Gasteiger partial charge in [0.1, 0.15) is 13.2 Å². The lowest BCUT2D eigenvalue weighted by atomic mass is 10.0. The van der Waals surface area contributed by atoms with Crippen LogP contribution in [0, 0.1) is 0 Å². The van der Waals surface area contributed by atoms with Crippen LogP contribution in [0.15, 0.2) is 48.6 Å². The molecule has 0 radical (unpaired) electrons. The lowest BCUT2D eigenvalue weighted by molar-refractivity contribution is -0.167. The van der Waals surface area contributed by atoms with Gasteiger partial charge < -0.3 is 14.2 Å². The van der Waals surface area contributed by atoms with Crippen molar-refractivity contribution in [3.63, 3.8) is 0 Å². The number of esters is 3. The van der Waals surface area contributed by atoms with E-state index in [0.717, 1.165) is 77.0 Å². The summed E-state index contributed by atoms with van der Waals surface area (Å²) in [6.07, 6.45) is 77.5. The van der Waals surface area contributed by atoms with E-state index in [0.29, 0.717) is 19.3 Å². The highest BCUT2D eigenvalue weighted by molar-refractivity contribution is 5.71. The zero-order chi connectivity index (χ0) is 52.9. The summed E-state index contributed by atoms with van der Waals surface area (Å²) in [6, 6.07) is 0. The van der Waals surface area contributed by atoms with Gasteiger partial charge in [-0.2, -0.15) is 0 Å². The summed E-state index contributed by atoms with van der Waals surface area (Å²) < 4.78 is 16.8. The SMILES string of the molecule is CCCCCCC/C=C\C/C=C\C/C=C\CCCCCCCCCCCCCCCCCCC(=O)OCC(COC(=O)CCCCCCC)OC(=O)CCCCCCCCCCC/C=C\CCCCCCCC. The minimum atomic E-state index is -0.769. The van der Waals surface area contributed by atoms with Gasteiger partial charge in [-0.3, -0.25) is 14.4 Å². The van der Waals surface area contributed by atoms with Gasteiger partial charge in [-0.25, -0.2) is 0 Å². The highest BCUT2D eigenvalue weighted by Crippen LogP contribution is 2.17. The minimum Gasteiger partial charge on any atom is -0.462 e. The standard InChI is InChI=1S/C67H122O6/c1-4-7-10-13-15-17-19-21-23-25-27-28-29-30-31-32-33-34-35-36-37-38-40-41-43-45-47-49-51-54-57-60-66(69)72-63-64(62-71-65(68)59-56-53-12-9-6-3)73-67(70)61-58-55-52-50-48-46-44-42-39-26-24-22-20-18-16-14-11-8-5-2/h19,21-22,24-25,27,29-30,64H,4-18,20,23,26,28,31-63H2,1-3H3/b21-19-,24-22-,27-25-,30-29-. The van der Waals surface area contributed by atoms with Gasteiger partial charge in [0, 0.05) is 19.3 Å². The van der Waals surface area contributed by atoms with E-state index >= 15 is 0 Å². The van der Waals surface area contributed by atoms with Crippen LogP contribution in [0.2, 0.25) is 0 Å². The summed E-state index contributed by atoms with van der Waals surface area (Å²) in [5, 5.41) is 0. The third-order valence-corrected chi connectivity index (χ3v) is 14.3. The molecule has 0 fully saturated rings. The Morgan fingerprint density at radius 2 is 0.493 bits per heavy atom. The Hall–Kier alpha value is -2.63. The van der Waals surface area contributed by atoms with E-state index in [1.165, 1.54) is 225 Å². The molecule has 0 heterocycles. The topological polar surface area (TPSA) is 78.9 Å². The normalized spacial score (nSPS) is 12.3. The molecule has 0 amide bonds. The third-order valence-electron chi connectivity index (χ3n) is 14.3. The predicted octanol–water partition coefficient (Wildman–Crippen LogP) is 21.8. The van der Waals surface area contributed by atoms with Crippen LogP contribution in [0.5, 0.6) is 0 Å². The third kappa shape index (κ3) is 60.1. The van der Waals surface area contributed by atoms with E-state index in [4.69, 9.17) is 14.2 Å². The molecule has 0 N–H and O–H groups in total. The van der Waals surface area contributed by atoms with E-state index in [9.17, 15) is 14.4 Å². The fraction of sp³-hybridized carbons (Fsp3) is 0.836. The van der Waals surface area contributed by atoms with Gasteiger partial charge in [-0.15, -0.1) is 0 Å². The second-order valence-electron chi connectivity index (χ2n) is 21.7. The Labute approximate surface area is 454 Å². The maximum Gasteiger partial charge on any atom is 0.306 e. The first-order valence-electron chi connectivity index (χ1n) is 32.1. The molecule has 6 nitrogen and oxygen atoms in total. The summed E-state index contributed by atoms with van der Waals surface area (Å²) in [5.74, 6) is -0.870. The number of unbranched alkanes of at least 4 members (excludes halogenated alkanes) is 40. The summed E-state index contributed by atoms with van der Waals surface area (Å²) in [5.41, 5.74) is 0. The average Bonchev–Trinajstić information content (AvgIpc) is 3.39. The monoisotopic (exact) mass is 1020 g/mol. The zero-order valence-corrected chi connectivity index (χ0v) is 48.9. The van der Waals surface area contributed by atoms with E-state index in [1.807, 2.05) is 0 Å². The summed E-state index contributed by atoms with van der Waals surface area (Å²) in [7, 11) is 0. The molecule has 0 spiro atoms. The fourth-order valence-electron chi connectivity index (χ4n) is 9.45. The second kappa shape index (κ2) is 61.9. The lowest BCUT2D eigenvalue weighted by Gasteiger charge is -2.18. The second-order valence-corrected chi connectivity index (χ2v) is 21.7. The first-order chi connectivity index (χ1) is 36.0. The molecule has 426 valence electrons. The summed E-state index contributed by atoms with van der Waals surface area (Å²) in [4.78, 5) is 37.9. The highest BCUT2D eigenvalue weighted by Gasteiger charge is 2.19. The van der Waals surface area contributed by atoms with Crippen LogP contribution < -0.4 is 0 Å². The molecule has 0 aliphatic heterocycles. The van der Waals surface area contributed by atoms with Crippen LogP contribution in [-0.2, 0) is 28.6 Å². The van der Waals surface area contributed by atoms with Crippen molar-refractivity contribution in [2.45, 2.75) is 348 Å². The number of allylic oxidation sites excluding steroid dienone is 8. The van der Waals surface area contributed by atoms with Crippen molar-refractivity contribution in [3.05, 3.63) is 48.6 Å². The molecule has 0 saturated heterocycles. The van der Waals surface area contributed by atoms with Gasteiger partial charge in [0.15, 0.2) is 6.10 Å². The van der Waals surface area contributed by atoms with Crippen molar-refractivity contribution < 1.29 is 28.6 Å². The summed E-state index contributed by atoms with van der Waals surface area (Å²) in [6.45, 7) is 6.58. The first-order valence-corrected chi connectivity index (χ1v) is 32.1. The molecular formula is C67H122O6. The van der Waals surface area contributed by atoms with Gasteiger partial charge in [0.05, 0.1) is 0 Å². The van der Waals surface area contributed by atoms with E-state index in [1.54, 1.807) is 0 Å². The smallest absolute Gasteiger partial charge is 0.306 e. The van der Waals surface area contributed by atoms with Crippen LogP contribution in [-0.4, -0.2) is 37.2 Å². The van der Waals surface area contributed by atoms with Gasteiger partial charge in [0.2, 0.25) is 0 Å². The van der Waals surface area contributed by atoms with Crippen molar-refractivity contribution in [1.29, 1.82) is 0 Å². The Morgan fingerprint density at radius 1 is 0.274 bits per heavy atom. The van der Waals surface area contributed by atoms with Crippen LogP contribution in [0.4, 0.5) is 0 Å². The Balaban J connectivity index is 3.96. The lowest BCUT2D eigenvalue weighted by Crippen LogP contribution is -2.30. The molecule has 0 aromatic carbocycles. The van der Waals surface area contributed by atoms with Crippen molar-refractivity contribution in [2.24, 2.45) is 0 Å². The van der Waals surface area contributed by atoms with Gasteiger partial charge in [-0.1, -0.05) is 288 Å². The first kappa shape index (κ1) is 70.4. The molecule has 0 aromatic rings. The molecule has 0 rings (SSSR count). The number of hydrogen-bond donors (Lipinski definition) is 0. The average molecular weight is 1020 g/mol. The number of hydrogen-bond acceptors (Lipinski definition) is 6. The van der Waals surface area contributed by atoms with Crippen molar-refractivity contribution in [2.75, 3.05) is 13.2 Å². The molecule has 0 aliphatic carbocycles. The quantitative estimate of drug-likeness (QED) is 0.0261. The number of rotatable bonds is 59. The fourth-order valence-corrected chi connectivity index (χ4v) is 9.45. The molecular weight excluding hydrogens is 901 g/mol. The van der Waals surface area contributed by atoms with Crippen molar-refractivity contribution in [3.8, 4) is 0 Å². The number of carbonyl (C=O) groups is 3. The van der Waals surface area contributed by atoms with Gasteiger partial charge >= 0.3 is 17.9 Å². The Morgan fingerprint density at radius 3 is 0.781 bits per heavy atom. The predicted molar refractivity (Wildman–Crippen MR) is 316 cm³/mol. The summed E-state index contributed by atoms with van der Waals surface area (Å²) >= 11 is 0. The Bertz CT molecular complexity index is 1270. The molecule has 0 aliphatic rings. The van der Waals surface area contributed by atoms with Crippen molar-refractivity contribution >= 4 is 17.9 Å². The molecule has 1 unspecified atom stereocenters. The molecule has 6 heteroatoms. The Kier molecular flexibility index (Phi) is 59.7. The molecule has 0 bridgehead atoms. The van der Waals surface area contributed by atoms with Crippen LogP contribution in [0.1, 0.15) is 342 Å². The van der Waals surface area contributed by atoms with Crippen LogP contribution in [0.3, 0.4) is 0 Å². The van der Waals surface area contributed by atoms with Gasteiger partial charge in [0.25, 0.3) is 0 Å². The molecule has 0 aromatic heterocycles. The molecule has 0 saturated carbocycles. The maximum absolute atomic E-state index is 12.8. The number of carbonyl (C=O) groups excluding carboxylic acids is 3. The van der Waals surface area contributed by atoms with Crippen LogP contribution in [0.25, 0.3) is 0 Å². The maximum atomic E-state index is 12.8. The molecule has 73 heavy (non-hydrogen) atoms. The van der Waals surface area contributed by atoms with E-state index in [-0.39, 0.29) is 31.1 Å².